The zero-order valence-corrected chi connectivity index (χ0v) is 12.1. The van der Waals surface area contributed by atoms with Crippen molar-refractivity contribution in [1.29, 1.82) is 0 Å². The van der Waals surface area contributed by atoms with Gasteiger partial charge >= 0.3 is 0 Å². The van der Waals surface area contributed by atoms with Crippen LogP contribution in [0.2, 0.25) is 5.02 Å². The minimum Gasteiger partial charge on any atom is -0.354 e. The van der Waals surface area contributed by atoms with Crippen molar-refractivity contribution in [1.82, 2.24) is 20.4 Å². The molecule has 5 nitrogen and oxygen atoms in total. The maximum atomic E-state index is 11.7. The van der Waals surface area contributed by atoms with Gasteiger partial charge in [-0.25, -0.2) is 0 Å². The van der Waals surface area contributed by atoms with E-state index in [1.54, 1.807) is 4.68 Å². The van der Waals surface area contributed by atoms with Crippen LogP contribution in [0.25, 0.3) is 0 Å². The summed E-state index contributed by atoms with van der Waals surface area (Å²) in [5, 5.41) is 10.9. The summed E-state index contributed by atoms with van der Waals surface area (Å²) in [5.41, 5.74) is 1.60. The standard InChI is InChI=1S/C11H17ClN4O.ClH/c1-7-11(12)8(2)16(15-7)6-10(17)14-5-9-3-13-4-9;/h9,13H,3-6H2,1-2H3,(H,14,17);1H. The third-order valence-electron chi connectivity index (χ3n) is 3.04. The van der Waals surface area contributed by atoms with E-state index >= 15 is 0 Å². The van der Waals surface area contributed by atoms with Gasteiger partial charge in [0.05, 0.1) is 16.4 Å². The number of nitrogens with one attached hydrogen (secondary N) is 2. The van der Waals surface area contributed by atoms with Crippen LogP contribution in [0, 0.1) is 19.8 Å². The molecular formula is C11H18Cl2N4O. The molecule has 1 fully saturated rings. The number of nitrogens with zero attached hydrogens (tertiary/aromatic N) is 2. The summed E-state index contributed by atoms with van der Waals surface area (Å²) in [6.45, 7) is 6.66. The SMILES string of the molecule is Cc1nn(CC(=O)NCC2CNC2)c(C)c1Cl.Cl. The van der Waals surface area contributed by atoms with Crippen LogP contribution in [0.5, 0.6) is 0 Å². The van der Waals surface area contributed by atoms with Gasteiger partial charge in [0.25, 0.3) is 0 Å². The summed E-state index contributed by atoms with van der Waals surface area (Å²) >= 11 is 6.02. The molecule has 0 spiro atoms. The first-order valence-electron chi connectivity index (χ1n) is 5.75. The number of aryl methyl sites for hydroxylation is 1. The number of carbonyl (C=O) groups is 1. The Hall–Kier alpha value is -0.780. The van der Waals surface area contributed by atoms with Gasteiger partial charge in [-0.05, 0) is 13.8 Å². The second-order valence-corrected chi connectivity index (χ2v) is 4.85. The first-order valence-corrected chi connectivity index (χ1v) is 6.12. The highest BCUT2D eigenvalue weighted by Gasteiger charge is 2.18. The Morgan fingerprint density at radius 1 is 1.56 bits per heavy atom. The maximum absolute atomic E-state index is 11.7. The number of rotatable bonds is 4. The zero-order chi connectivity index (χ0) is 12.4. The van der Waals surface area contributed by atoms with Crippen LogP contribution in [0.4, 0.5) is 0 Å². The van der Waals surface area contributed by atoms with Crippen molar-refractivity contribution in [3.63, 3.8) is 0 Å². The Bertz CT molecular complexity index is 429. The van der Waals surface area contributed by atoms with E-state index in [2.05, 4.69) is 15.7 Å². The smallest absolute Gasteiger partial charge is 0.241 e. The van der Waals surface area contributed by atoms with Crippen LogP contribution in [0.1, 0.15) is 11.4 Å². The number of carbonyl (C=O) groups excluding carboxylic acids is 1. The molecule has 1 amide bonds. The maximum Gasteiger partial charge on any atom is 0.241 e. The Labute approximate surface area is 118 Å². The molecule has 1 aromatic heterocycles. The molecule has 2 rings (SSSR count). The van der Waals surface area contributed by atoms with E-state index < -0.39 is 0 Å². The lowest BCUT2D eigenvalue weighted by Crippen LogP contribution is -2.48. The summed E-state index contributed by atoms with van der Waals surface area (Å²) in [4.78, 5) is 11.7. The Kier molecular flexibility index (Phi) is 5.44. The predicted octanol–water partition coefficient (Wildman–Crippen LogP) is 0.911. The van der Waals surface area contributed by atoms with Crippen molar-refractivity contribution in [3.8, 4) is 0 Å². The van der Waals surface area contributed by atoms with Crippen molar-refractivity contribution in [2.24, 2.45) is 5.92 Å². The summed E-state index contributed by atoms with van der Waals surface area (Å²) < 4.78 is 1.64. The fraction of sp³-hybridized carbons (Fsp3) is 0.636. The molecule has 7 heteroatoms. The molecular weight excluding hydrogens is 275 g/mol. The fourth-order valence-electron chi connectivity index (χ4n) is 1.77. The van der Waals surface area contributed by atoms with E-state index in [9.17, 15) is 4.79 Å². The van der Waals surface area contributed by atoms with Gasteiger partial charge in [-0.1, -0.05) is 11.6 Å². The summed E-state index contributed by atoms with van der Waals surface area (Å²) in [5.74, 6) is 0.558. The van der Waals surface area contributed by atoms with Crippen LogP contribution in [-0.4, -0.2) is 35.3 Å². The van der Waals surface area contributed by atoms with Gasteiger partial charge in [0.2, 0.25) is 5.91 Å². The highest BCUT2D eigenvalue weighted by Crippen LogP contribution is 2.18. The van der Waals surface area contributed by atoms with Gasteiger partial charge in [-0.15, -0.1) is 12.4 Å². The molecule has 0 aromatic carbocycles. The van der Waals surface area contributed by atoms with Gasteiger partial charge in [-0.3, -0.25) is 9.48 Å². The summed E-state index contributed by atoms with van der Waals surface area (Å²) in [6.07, 6.45) is 0. The van der Waals surface area contributed by atoms with Crippen molar-refractivity contribution in [2.75, 3.05) is 19.6 Å². The summed E-state index contributed by atoms with van der Waals surface area (Å²) in [7, 11) is 0. The molecule has 0 bridgehead atoms. The molecule has 0 aliphatic carbocycles. The largest absolute Gasteiger partial charge is 0.354 e. The van der Waals surface area contributed by atoms with Crippen LogP contribution in [0.3, 0.4) is 0 Å². The first kappa shape index (κ1) is 15.3. The Morgan fingerprint density at radius 2 is 2.22 bits per heavy atom. The van der Waals surface area contributed by atoms with Crippen LogP contribution in [-0.2, 0) is 11.3 Å². The normalized spacial score (nSPS) is 14.8. The number of halogens is 2. The quantitative estimate of drug-likeness (QED) is 0.867. The lowest BCUT2D eigenvalue weighted by molar-refractivity contribution is -0.122. The van der Waals surface area contributed by atoms with Crippen LogP contribution in [0.15, 0.2) is 0 Å². The summed E-state index contributed by atoms with van der Waals surface area (Å²) in [6, 6.07) is 0. The van der Waals surface area contributed by atoms with Crippen LogP contribution >= 0.6 is 24.0 Å². The van der Waals surface area contributed by atoms with E-state index in [1.165, 1.54) is 0 Å². The molecule has 2 heterocycles. The topological polar surface area (TPSA) is 59.0 Å². The average Bonchev–Trinajstić information content (AvgIpc) is 2.44. The Morgan fingerprint density at radius 3 is 2.67 bits per heavy atom. The minimum atomic E-state index is -0.0147. The molecule has 102 valence electrons. The van der Waals surface area contributed by atoms with E-state index in [-0.39, 0.29) is 24.9 Å². The molecule has 1 saturated heterocycles. The number of aromatic nitrogens is 2. The molecule has 0 saturated carbocycles. The van der Waals surface area contributed by atoms with Gasteiger partial charge < -0.3 is 10.6 Å². The van der Waals surface area contributed by atoms with Gasteiger partial charge in [-0.2, -0.15) is 5.10 Å². The third-order valence-corrected chi connectivity index (χ3v) is 3.59. The van der Waals surface area contributed by atoms with Crippen molar-refractivity contribution >= 4 is 29.9 Å². The highest BCUT2D eigenvalue weighted by molar-refractivity contribution is 6.31. The van der Waals surface area contributed by atoms with Crippen molar-refractivity contribution in [2.45, 2.75) is 20.4 Å². The second kappa shape index (κ2) is 6.41. The molecule has 18 heavy (non-hydrogen) atoms. The monoisotopic (exact) mass is 292 g/mol. The van der Waals surface area contributed by atoms with E-state index in [0.29, 0.717) is 10.9 Å². The van der Waals surface area contributed by atoms with Gasteiger partial charge in [0.1, 0.15) is 6.54 Å². The van der Waals surface area contributed by atoms with Crippen LogP contribution < -0.4 is 10.6 Å². The second-order valence-electron chi connectivity index (χ2n) is 4.47. The third kappa shape index (κ3) is 3.37. The van der Waals surface area contributed by atoms with E-state index in [1.807, 2.05) is 13.8 Å². The Balaban J connectivity index is 0.00000162. The zero-order valence-electron chi connectivity index (χ0n) is 10.5. The first-order chi connectivity index (χ1) is 8.08. The molecule has 1 aliphatic heterocycles. The number of amides is 1. The minimum absolute atomic E-state index is 0. The lowest BCUT2D eigenvalue weighted by Gasteiger charge is -2.27. The molecule has 0 radical (unpaired) electrons. The van der Waals surface area contributed by atoms with Gasteiger partial charge in [0.15, 0.2) is 0 Å². The molecule has 1 aliphatic rings. The predicted molar refractivity (Wildman–Crippen MR) is 73.3 cm³/mol. The lowest BCUT2D eigenvalue weighted by atomic mass is 10.0. The molecule has 0 atom stereocenters. The molecule has 1 aromatic rings. The van der Waals surface area contributed by atoms with Crippen molar-refractivity contribution < 1.29 is 4.79 Å². The fourth-order valence-corrected chi connectivity index (χ4v) is 1.91. The molecule has 2 N–H and O–H groups in total. The highest BCUT2D eigenvalue weighted by atomic mass is 35.5. The average molecular weight is 293 g/mol. The molecule has 0 unspecified atom stereocenters. The van der Waals surface area contributed by atoms with Gasteiger partial charge in [0, 0.05) is 25.6 Å². The van der Waals surface area contributed by atoms with E-state index in [4.69, 9.17) is 11.6 Å². The number of hydrogen-bond donors (Lipinski definition) is 2. The number of hydrogen-bond acceptors (Lipinski definition) is 3. The van der Waals surface area contributed by atoms with Crippen molar-refractivity contribution in [3.05, 3.63) is 16.4 Å². The van der Waals surface area contributed by atoms with E-state index in [0.717, 1.165) is 31.0 Å².